The number of amides is 4. The van der Waals surface area contributed by atoms with E-state index in [0.29, 0.717) is 6.42 Å². The summed E-state index contributed by atoms with van der Waals surface area (Å²) in [6, 6.07) is -1.01. The Morgan fingerprint density at radius 2 is 1.80 bits per heavy atom. The van der Waals surface area contributed by atoms with E-state index in [-0.39, 0.29) is 40.0 Å². The molecule has 246 valence electrons. The minimum atomic E-state index is -1.08. The van der Waals surface area contributed by atoms with Crippen LogP contribution in [0.5, 0.6) is 0 Å². The fraction of sp³-hybridized carbons (Fsp3) is 0.536. The van der Waals surface area contributed by atoms with E-state index in [4.69, 9.17) is 24.7 Å². The summed E-state index contributed by atoms with van der Waals surface area (Å²) in [5, 5.41) is 6.36. The molecule has 3 rings (SSSR count). The number of thioether (sulfide) groups is 1. The number of nitrogens with two attached hydrogens (primary N) is 1. The van der Waals surface area contributed by atoms with Gasteiger partial charge in [-0.2, -0.15) is 0 Å². The zero-order valence-corrected chi connectivity index (χ0v) is 27.6. The van der Waals surface area contributed by atoms with Crippen molar-refractivity contribution in [3.8, 4) is 0 Å². The molecule has 0 radical (unpaired) electrons. The van der Waals surface area contributed by atoms with Crippen LogP contribution < -0.4 is 16.4 Å². The average molecular weight is 668 g/mol. The molecule has 15 nitrogen and oxygen atoms in total. The van der Waals surface area contributed by atoms with Gasteiger partial charge in [-0.15, -0.1) is 23.1 Å². The second-order valence-corrected chi connectivity index (χ2v) is 13.8. The van der Waals surface area contributed by atoms with E-state index in [0.717, 1.165) is 16.2 Å². The van der Waals surface area contributed by atoms with Gasteiger partial charge in [-0.05, 0) is 48.0 Å². The summed E-state index contributed by atoms with van der Waals surface area (Å²) < 4.78 is 20.2. The van der Waals surface area contributed by atoms with Gasteiger partial charge in [0, 0.05) is 16.7 Å². The average Bonchev–Trinajstić information content (AvgIpc) is 3.38. The van der Waals surface area contributed by atoms with E-state index in [2.05, 4.69) is 15.6 Å². The number of ether oxygens (including phenoxy) is 4. The summed E-state index contributed by atoms with van der Waals surface area (Å²) in [5.74, 6) is -2.65. The number of rotatable bonds is 10. The van der Waals surface area contributed by atoms with Crippen molar-refractivity contribution in [1.29, 1.82) is 0 Å². The summed E-state index contributed by atoms with van der Waals surface area (Å²) in [4.78, 5) is 80.7. The molecule has 2 unspecified atom stereocenters. The summed E-state index contributed by atoms with van der Waals surface area (Å²) >= 11 is 2.32. The zero-order chi connectivity index (χ0) is 33.7. The molecule has 1 fully saturated rings. The fourth-order valence-electron chi connectivity index (χ4n) is 3.94. The number of anilines is 1. The van der Waals surface area contributed by atoms with Gasteiger partial charge in [0.25, 0.3) is 11.8 Å². The number of nitrogens with one attached hydrogen (secondary N) is 2. The third-order valence-corrected chi connectivity index (χ3v) is 8.05. The number of hydrogen-bond donors (Lipinski definition) is 3. The molecule has 4 amide bonds. The van der Waals surface area contributed by atoms with Gasteiger partial charge in [0.05, 0.1) is 16.7 Å². The van der Waals surface area contributed by atoms with E-state index >= 15 is 0 Å². The lowest BCUT2D eigenvalue weighted by Gasteiger charge is -2.49. The number of allylic oxidation sites excluding steroid dienone is 1. The Kier molecular flexibility index (Phi) is 11.3. The number of β-lactam (4-membered cyclic amide) rings is 1. The second-order valence-electron chi connectivity index (χ2n) is 11.8. The predicted molar refractivity (Wildman–Crippen MR) is 164 cm³/mol. The van der Waals surface area contributed by atoms with Crippen LogP contribution in [0, 0.1) is 5.41 Å². The van der Waals surface area contributed by atoms with Crippen molar-refractivity contribution >= 4 is 69.7 Å². The third-order valence-electron chi connectivity index (χ3n) is 5.95. The normalized spacial score (nSPS) is 18.3. The van der Waals surface area contributed by atoms with E-state index in [1.165, 1.54) is 11.8 Å². The Hall–Kier alpha value is -4.12. The van der Waals surface area contributed by atoms with Gasteiger partial charge in [0.15, 0.2) is 5.13 Å². The smallest absolute Gasteiger partial charge is 0.413 e. The molecule has 1 saturated heterocycles. The van der Waals surface area contributed by atoms with Crippen LogP contribution >= 0.6 is 23.1 Å². The van der Waals surface area contributed by atoms with Crippen molar-refractivity contribution in [3.63, 3.8) is 0 Å². The van der Waals surface area contributed by atoms with Crippen molar-refractivity contribution in [2.45, 2.75) is 71.9 Å². The summed E-state index contributed by atoms with van der Waals surface area (Å²) in [5.41, 5.74) is 4.07. The number of carbonyl (C=O) groups excluding carboxylic acids is 6. The van der Waals surface area contributed by atoms with Crippen LogP contribution in [-0.2, 0) is 38.1 Å². The van der Waals surface area contributed by atoms with Crippen LogP contribution in [0.2, 0.25) is 0 Å². The SMILES string of the molecule is CCC=C(C(=O)NC1C(=O)N2C(C(=O)OCOC(=O)C(C)(C)C)=C(COC(N)=O)CSC12)c1csc(NC(=O)OC(C)(C)C)n1. The highest BCUT2D eigenvalue weighted by molar-refractivity contribution is 8.00. The molecule has 0 aliphatic carbocycles. The first-order valence-corrected chi connectivity index (χ1v) is 15.8. The van der Waals surface area contributed by atoms with Gasteiger partial charge in [0.2, 0.25) is 6.79 Å². The highest BCUT2D eigenvalue weighted by Crippen LogP contribution is 2.41. The first kappa shape index (κ1) is 35.4. The summed E-state index contributed by atoms with van der Waals surface area (Å²) in [7, 11) is 0. The predicted octanol–water partition coefficient (Wildman–Crippen LogP) is 3.12. The monoisotopic (exact) mass is 667 g/mol. The molecule has 0 aromatic carbocycles. The number of thiazole rings is 1. The first-order valence-electron chi connectivity index (χ1n) is 13.8. The molecule has 0 spiro atoms. The molecule has 3 heterocycles. The van der Waals surface area contributed by atoms with Gasteiger partial charge in [-0.25, -0.2) is 19.4 Å². The van der Waals surface area contributed by atoms with Gasteiger partial charge in [0.1, 0.15) is 29.3 Å². The maximum Gasteiger partial charge on any atom is 0.413 e. The minimum absolute atomic E-state index is 0.143. The Labute approximate surface area is 268 Å². The van der Waals surface area contributed by atoms with Crippen LogP contribution in [0.4, 0.5) is 14.7 Å². The molecule has 2 aliphatic rings. The summed E-state index contributed by atoms with van der Waals surface area (Å²) in [6.07, 6.45) is 0.332. The molecule has 1 aromatic heterocycles. The Balaban J connectivity index is 1.74. The molecule has 2 aliphatic heterocycles. The van der Waals surface area contributed by atoms with Crippen molar-refractivity contribution in [3.05, 3.63) is 28.4 Å². The maximum absolute atomic E-state index is 13.4. The molecule has 0 saturated carbocycles. The van der Waals surface area contributed by atoms with Gasteiger partial charge < -0.3 is 30.0 Å². The topological polar surface area (TPSA) is 206 Å². The number of aromatic nitrogens is 1. The number of esters is 2. The molecule has 17 heteroatoms. The van der Waals surface area contributed by atoms with Crippen LogP contribution in [0.15, 0.2) is 22.7 Å². The number of primary amides is 1. The molecule has 0 bridgehead atoms. The third kappa shape index (κ3) is 9.20. The van der Waals surface area contributed by atoms with Crippen LogP contribution in [-0.4, -0.2) is 82.0 Å². The molecule has 4 N–H and O–H groups in total. The lowest BCUT2D eigenvalue weighted by molar-refractivity contribution is -0.173. The van der Waals surface area contributed by atoms with Crippen molar-refractivity contribution in [2.75, 3.05) is 24.5 Å². The van der Waals surface area contributed by atoms with Gasteiger partial charge in [-0.1, -0.05) is 13.0 Å². The molecular weight excluding hydrogens is 630 g/mol. The van der Waals surface area contributed by atoms with E-state index in [1.54, 1.807) is 53.0 Å². The van der Waals surface area contributed by atoms with E-state index < -0.39 is 65.2 Å². The number of fused-ring (bicyclic) bond motifs is 1. The number of carbonyl (C=O) groups is 6. The first-order chi connectivity index (χ1) is 20.9. The highest BCUT2D eigenvalue weighted by Gasteiger charge is 2.54. The quantitative estimate of drug-likeness (QED) is 0.108. The number of nitrogens with zero attached hydrogens (tertiary/aromatic N) is 2. The largest absolute Gasteiger partial charge is 0.445 e. The standard InChI is InChI=1S/C28H37N5O10S2/c1-8-9-15(16-12-45-25(30-16)32-26(39)43-28(5,6)7)19(34)31-17-20(35)33-18(14(10-40-24(29)38)11-44-21(17)33)22(36)41-13-42-23(37)27(2,3)4/h9,12,17,21H,8,10-11,13H2,1-7H3,(H2,29,38)(H,31,34)(H,30,32,39). The Morgan fingerprint density at radius 3 is 2.40 bits per heavy atom. The van der Waals surface area contributed by atoms with Gasteiger partial charge in [-0.3, -0.25) is 24.6 Å². The lowest BCUT2D eigenvalue weighted by Crippen LogP contribution is -2.70. The molecule has 1 aromatic rings. The molecule has 2 atom stereocenters. The minimum Gasteiger partial charge on any atom is -0.445 e. The second kappa shape index (κ2) is 14.3. The van der Waals surface area contributed by atoms with E-state index in [9.17, 15) is 28.8 Å². The van der Waals surface area contributed by atoms with Gasteiger partial charge >= 0.3 is 24.1 Å². The Morgan fingerprint density at radius 1 is 1.11 bits per heavy atom. The van der Waals surface area contributed by atoms with Crippen molar-refractivity contribution < 1.29 is 47.7 Å². The lowest BCUT2D eigenvalue weighted by atomic mass is 9.98. The summed E-state index contributed by atoms with van der Waals surface area (Å²) in [6.45, 7) is 10.8. The van der Waals surface area contributed by atoms with Crippen LogP contribution in [0.1, 0.15) is 60.6 Å². The molecule has 45 heavy (non-hydrogen) atoms. The van der Waals surface area contributed by atoms with Crippen molar-refractivity contribution in [1.82, 2.24) is 15.2 Å². The molecular formula is C28H37N5O10S2. The van der Waals surface area contributed by atoms with Crippen LogP contribution in [0.25, 0.3) is 5.57 Å². The van der Waals surface area contributed by atoms with Crippen molar-refractivity contribution in [2.24, 2.45) is 11.1 Å². The Bertz CT molecular complexity index is 1420. The van der Waals surface area contributed by atoms with E-state index in [1.807, 2.05) is 6.92 Å². The number of hydrogen-bond acceptors (Lipinski definition) is 13. The highest BCUT2D eigenvalue weighted by atomic mass is 32.2. The fourth-order valence-corrected chi connectivity index (χ4v) is 5.97. The van der Waals surface area contributed by atoms with Crippen LogP contribution in [0.3, 0.4) is 0 Å². The zero-order valence-electron chi connectivity index (χ0n) is 26.0. The maximum atomic E-state index is 13.4.